The molecule has 2 aromatic carbocycles. The van der Waals surface area contributed by atoms with E-state index in [9.17, 15) is 20.1 Å². The molecule has 4 N–H and O–H groups in total. The van der Waals surface area contributed by atoms with Crippen LogP contribution in [0.1, 0.15) is 22.8 Å². The fraction of sp³-hybridized carbons (Fsp3) is 0.278. The molecule has 0 bridgehead atoms. The van der Waals surface area contributed by atoms with Gasteiger partial charge in [0, 0.05) is 11.6 Å². The lowest BCUT2D eigenvalue weighted by Crippen LogP contribution is -2.09. The van der Waals surface area contributed by atoms with Gasteiger partial charge in [-0.25, -0.2) is 0 Å². The molecular weight excluding hydrogens is 312 g/mol. The zero-order valence-corrected chi connectivity index (χ0v) is 13.3. The molecule has 0 atom stereocenters. The van der Waals surface area contributed by atoms with Gasteiger partial charge < -0.3 is 25.2 Å². The number of phenolic OH excluding ortho intramolecular Hbond substituents is 3. The lowest BCUT2D eigenvalue weighted by atomic mass is 9.90. The third-order valence-corrected chi connectivity index (χ3v) is 3.61. The van der Waals surface area contributed by atoms with E-state index < -0.39 is 0 Å². The molecule has 0 aliphatic rings. The predicted molar refractivity (Wildman–Crippen MR) is 88.5 cm³/mol. The van der Waals surface area contributed by atoms with Crippen molar-refractivity contribution in [3.05, 3.63) is 41.5 Å². The fourth-order valence-electron chi connectivity index (χ4n) is 2.68. The summed E-state index contributed by atoms with van der Waals surface area (Å²) in [4.78, 5) is 12.0. The number of aliphatic hydroxyl groups is 1. The summed E-state index contributed by atoms with van der Waals surface area (Å²) >= 11 is 0. The number of hydrogen-bond donors (Lipinski definition) is 4. The van der Waals surface area contributed by atoms with Crippen molar-refractivity contribution in [2.45, 2.75) is 13.3 Å². The first-order valence-corrected chi connectivity index (χ1v) is 7.52. The molecule has 0 aliphatic carbocycles. The molecule has 0 saturated heterocycles. The molecule has 0 aliphatic heterocycles. The van der Waals surface area contributed by atoms with Gasteiger partial charge in [0.15, 0.2) is 5.78 Å². The average molecular weight is 332 g/mol. The van der Waals surface area contributed by atoms with Crippen LogP contribution in [0.2, 0.25) is 0 Å². The number of rotatable bonds is 7. The third-order valence-electron chi connectivity index (χ3n) is 3.61. The number of hydrogen-bond acceptors (Lipinski definition) is 6. The van der Waals surface area contributed by atoms with E-state index in [1.807, 2.05) is 0 Å². The van der Waals surface area contributed by atoms with Gasteiger partial charge in [-0.15, -0.1) is 0 Å². The monoisotopic (exact) mass is 332 g/mol. The first-order valence-electron chi connectivity index (χ1n) is 7.52. The molecule has 0 unspecified atom stereocenters. The van der Waals surface area contributed by atoms with Gasteiger partial charge in [0.1, 0.15) is 17.2 Å². The van der Waals surface area contributed by atoms with Crippen LogP contribution in [0.3, 0.4) is 0 Å². The van der Waals surface area contributed by atoms with Crippen molar-refractivity contribution >= 4 is 5.78 Å². The van der Waals surface area contributed by atoms with Gasteiger partial charge in [0.25, 0.3) is 0 Å². The van der Waals surface area contributed by atoms with Crippen LogP contribution in [0, 0.1) is 0 Å². The smallest absolute Gasteiger partial charge is 0.163 e. The van der Waals surface area contributed by atoms with E-state index in [0.717, 1.165) is 6.07 Å². The quantitative estimate of drug-likeness (QED) is 0.457. The Balaban J connectivity index is 2.58. The number of carbonyl (C=O) groups excluding carboxylic acids is 1. The Kier molecular flexibility index (Phi) is 5.78. The maximum atomic E-state index is 12.0. The van der Waals surface area contributed by atoms with E-state index >= 15 is 0 Å². The molecule has 2 aromatic rings. The van der Waals surface area contributed by atoms with Crippen LogP contribution in [0.15, 0.2) is 30.3 Å². The highest BCUT2D eigenvalue weighted by atomic mass is 16.5. The predicted octanol–water partition coefficient (Wildman–Crippen LogP) is 2.22. The van der Waals surface area contributed by atoms with E-state index in [0.29, 0.717) is 16.7 Å². The van der Waals surface area contributed by atoms with Gasteiger partial charge in [-0.3, -0.25) is 4.79 Å². The lowest BCUT2D eigenvalue weighted by molar-refractivity contribution is 0.0937. The average Bonchev–Trinajstić information content (AvgIpc) is 2.50. The highest BCUT2D eigenvalue weighted by Crippen LogP contribution is 2.40. The zero-order valence-electron chi connectivity index (χ0n) is 13.3. The second-order valence-electron chi connectivity index (χ2n) is 5.34. The Morgan fingerprint density at radius 2 is 1.83 bits per heavy atom. The van der Waals surface area contributed by atoms with Crippen LogP contribution >= 0.6 is 0 Å². The number of ketones is 1. The molecule has 128 valence electrons. The van der Waals surface area contributed by atoms with Gasteiger partial charge in [-0.05, 0) is 36.6 Å². The normalized spacial score (nSPS) is 10.8. The molecule has 24 heavy (non-hydrogen) atoms. The first-order chi connectivity index (χ1) is 11.5. The molecule has 0 aromatic heterocycles. The number of Topliss-reactive ketones (excluding diaryl/α,β-unsaturated/α-hetero) is 1. The standard InChI is InChI=1S/C18H20O6/c1-11(20)17-14(5-7-24-8-6-19)18(16(23)10-15(17)22)12-3-2-4-13(21)9-12/h2-4,9-10,19,21-23H,5-8H2,1H3. The second kappa shape index (κ2) is 7.81. The second-order valence-corrected chi connectivity index (χ2v) is 5.34. The molecular formula is C18H20O6. The Bertz CT molecular complexity index is 739. The summed E-state index contributed by atoms with van der Waals surface area (Å²) in [6.07, 6.45) is 0.252. The van der Waals surface area contributed by atoms with Crippen molar-refractivity contribution in [3.63, 3.8) is 0 Å². The number of aromatic hydroxyl groups is 3. The summed E-state index contributed by atoms with van der Waals surface area (Å²) in [7, 11) is 0. The summed E-state index contributed by atoms with van der Waals surface area (Å²) in [6.45, 7) is 1.57. The van der Waals surface area contributed by atoms with Crippen molar-refractivity contribution in [1.82, 2.24) is 0 Å². The Morgan fingerprint density at radius 1 is 1.08 bits per heavy atom. The molecule has 0 radical (unpaired) electrons. The number of carbonyl (C=O) groups is 1. The Morgan fingerprint density at radius 3 is 2.46 bits per heavy atom. The van der Waals surface area contributed by atoms with Crippen LogP contribution in [-0.4, -0.2) is 46.0 Å². The lowest BCUT2D eigenvalue weighted by Gasteiger charge is -2.17. The summed E-state index contributed by atoms with van der Waals surface area (Å²) in [5.74, 6) is -0.820. The molecule has 2 rings (SSSR count). The third kappa shape index (κ3) is 3.84. The highest BCUT2D eigenvalue weighted by molar-refractivity contribution is 6.01. The molecule has 0 fully saturated rings. The minimum Gasteiger partial charge on any atom is -0.508 e. The Hall–Kier alpha value is -2.57. The molecule has 6 heteroatoms. The number of aliphatic hydroxyl groups excluding tert-OH is 1. The fourth-order valence-corrected chi connectivity index (χ4v) is 2.68. The van der Waals surface area contributed by atoms with Crippen LogP contribution < -0.4 is 0 Å². The maximum Gasteiger partial charge on any atom is 0.163 e. The van der Waals surface area contributed by atoms with Crippen LogP contribution in [-0.2, 0) is 11.2 Å². The molecule has 0 heterocycles. The number of phenols is 3. The zero-order chi connectivity index (χ0) is 17.7. The van der Waals surface area contributed by atoms with E-state index in [2.05, 4.69) is 0 Å². The van der Waals surface area contributed by atoms with Gasteiger partial charge in [0.05, 0.1) is 25.4 Å². The van der Waals surface area contributed by atoms with Crippen molar-refractivity contribution in [2.75, 3.05) is 19.8 Å². The van der Waals surface area contributed by atoms with E-state index in [-0.39, 0.29) is 54.8 Å². The van der Waals surface area contributed by atoms with E-state index in [1.165, 1.54) is 19.1 Å². The van der Waals surface area contributed by atoms with Crippen LogP contribution in [0.5, 0.6) is 17.2 Å². The van der Waals surface area contributed by atoms with E-state index in [1.54, 1.807) is 12.1 Å². The number of benzene rings is 2. The van der Waals surface area contributed by atoms with Gasteiger partial charge >= 0.3 is 0 Å². The first kappa shape index (κ1) is 17.8. The molecule has 6 nitrogen and oxygen atoms in total. The molecule has 0 saturated carbocycles. The van der Waals surface area contributed by atoms with Crippen molar-refractivity contribution < 1.29 is 30.0 Å². The molecule has 0 spiro atoms. The van der Waals surface area contributed by atoms with Crippen molar-refractivity contribution in [3.8, 4) is 28.4 Å². The van der Waals surface area contributed by atoms with Gasteiger partial charge in [0.2, 0.25) is 0 Å². The minimum atomic E-state index is -0.342. The maximum absolute atomic E-state index is 12.0. The van der Waals surface area contributed by atoms with Crippen molar-refractivity contribution in [2.24, 2.45) is 0 Å². The summed E-state index contributed by atoms with van der Waals surface area (Å²) in [5.41, 5.74) is 1.43. The topological polar surface area (TPSA) is 107 Å². The number of ether oxygens (including phenoxy) is 1. The Labute approximate surface area is 139 Å². The largest absolute Gasteiger partial charge is 0.508 e. The minimum absolute atomic E-state index is 0.0202. The van der Waals surface area contributed by atoms with Crippen molar-refractivity contribution in [1.29, 1.82) is 0 Å². The van der Waals surface area contributed by atoms with Crippen LogP contribution in [0.4, 0.5) is 0 Å². The van der Waals surface area contributed by atoms with Gasteiger partial charge in [-0.2, -0.15) is 0 Å². The molecule has 0 amide bonds. The van der Waals surface area contributed by atoms with E-state index in [4.69, 9.17) is 9.84 Å². The summed E-state index contributed by atoms with van der Waals surface area (Å²) in [5, 5.41) is 38.8. The highest BCUT2D eigenvalue weighted by Gasteiger charge is 2.21. The SMILES string of the molecule is CC(=O)c1c(O)cc(O)c(-c2cccc(O)c2)c1CCOCCO. The summed E-state index contributed by atoms with van der Waals surface area (Å²) in [6, 6.07) is 7.39. The van der Waals surface area contributed by atoms with Crippen LogP contribution in [0.25, 0.3) is 11.1 Å². The summed E-state index contributed by atoms with van der Waals surface area (Å²) < 4.78 is 5.24. The van der Waals surface area contributed by atoms with Gasteiger partial charge in [-0.1, -0.05) is 12.1 Å².